The first-order chi connectivity index (χ1) is 9.30. The van der Waals surface area contributed by atoms with Crippen molar-refractivity contribution in [1.29, 1.82) is 0 Å². The van der Waals surface area contributed by atoms with Gasteiger partial charge in [0.1, 0.15) is 0 Å². The van der Waals surface area contributed by atoms with Gasteiger partial charge in [0.05, 0.1) is 5.01 Å². The van der Waals surface area contributed by atoms with E-state index in [4.69, 9.17) is 5.11 Å². The summed E-state index contributed by atoms with van der Waals surface area (Å²) in [7, 11) is 0. The van der Waals surface area contributed by atoms with Crippen molar-refractivity contribution in [2.75, 3.05) is 6.54 Å². The molecule has 6 nitrogen and oxygen atoms in total. The van der Waals surface area contributed by atoms with Crippen molar-refractivity contribution in [3.05, 3.63) is 16.6 Å². The molecule has 0 bridgehead atoms. The topological polar surface area (TPSA) is 91.3 Å². The van der Waals surface area contributed by atoms with Crippen LogP contribution in [0.1, 0.15) is 44.5 Å². The number of carbonyl (C=O) groups is 2. The molecule has 1 aromatic heterocycles. The van der Waals surface area contributed by atoms with Gasteiger partial charge in [-0.2, -0.15) is 0 Å². The summed E-state index contributed by atoms with van der Waals surface area (Å²) in [4.78, 5) is 26.5. The minimum absolute atomic E-state index is 0.0306. The van der Waals surface area contributed by atoms with Gasteiger partial charge in [-0.15, -0.1) is 11.3 Å². The van der Waals surface area contributed by atoms with Crippen molar-refractivity contribution in [2.45, 2.75) is 45.1 Å². The van der Waals surface area contributed by atoms with Crippen LogP contribution >= 0.6 is 11.3 Å². The number of hydrogen-bond donors (Lipinski definition) is 3. The highest BCUT2D eigenvalue weighted by Gasteiger charge is 2.21. The molecule has 112 valence electrons. The molecule has 0 aliphatic rings. The van der Waals surface area contributed by atoms with Crippen molar-refractivity contribution in [1.82, 2.24) is 15.6 Å². The van der Waals surface area contributed by atoms with E-state index in [1.807, 2.05) is 12.3 Å². The third-order valence-electron chi connectivity index (χ3n) is 2.86. The Hall–Kier alpha value is -1.63. The van der Waals surface area contributed by atoms with Gasteiger partial charge >= 0.3 is 12.0 Å². The van der Waals surface area contributed by atoms with Gasteiger partial charge in [0.2, 0.25) is 0 Å². The summed E-state index contributed by atoms with van der Waals surface area (Å²) in [6.07, 6.45) is 2.16. The molecule has 0 fully saturated rings. The molecular weight excluding hydrogens is 278 g/mol. The van der Waals surface area contributed by atoms with E-state index in [0.29, 0.717) is 13.0 Å². The first-order valence-electron chi connectivity index (χ1n) is 6.47. The van der Waals surface area contributed by atoms with Gasteiger partial charge in [-0.25, -0.2) is 9.78 Å². The summed E-state index contributed by atoms with van der Waals surface area (Å²) in [5, 5.41) is 17.1. The second kappa shape index (κ2) is 7.23. The lowest BCUT2D eigenvalue weighted by molar-refractivity contribution is -0.137. The van der Waals surface area contributed by atoms with E-state index in [-0.39, 0.29) is 18.4 Å². The number of carboxylic acid groups (broad SMARTS) is 1. The summed E-state index contributed by atoms with van der Waals surface area (Å²) in [6, 6.07) is -0.288. The molecule has 3 N–H and O–H groups in total. The molecule has 7 heteroatoms. The van der Waals surface area contributed by atoms with Crippen molar-refractivity contribution in [2.24, 2.45) is 0 Å². The molecule has 2 amide bonds. The van der Waals surface area contributed by atoms with Crippen LogP contribution in [-0.2, 0) is 4.79 Å². The molecule has 20 heavy (non-hydrogen) atoms. The third-order valence-corrected chi connectivity index (χ3v) is 3.86. The second-order valence-electron chi connectivity index (χ2n) is 5.38. The number of amides is 2. The maximum absolute atomic E-state index is 11.8. The molecule has 1 atom stereocenters. The summed E-state index contributed by atoms with van der Waals surface area (Å²) in [6.45, 7) is 6.10. The number of urea groups is 1. The molecule has 0 saturated heterocycles. The Morgan fingerprint density at radius 2 is 2.20 bits per heavy atom. The van der Waals surface area contributed by atoms with Gasteiger partial charge in [0.15, 0.2) is 0 Å². The quantitative estimate of drug-likeness (QED) is 0.719. The Kier molecular flexibility index (Phi) is 5.94. The van der Waals surface area contributed by atoms with Gasteiger partial charge in [-0.1, -0.05) is 6.92 Å². The van der Waals surface area contributed by atoms with E-state index in [1.54, 1.807) is 31.4 Å². The van der Waals surface area contributed by atoms with E-state index in [9.17, 15) is 9.59 Å². The molecule has 0 spiro atoms. The average molecular weight is 299 g/mol. The monoisotopic (exact) mass is 299 g/mol. The molecule has 1 heterocycles. The molecule has 0 radical (unpaired) electrons. The molecule has 0 aromatic carbocycles. The first-order valence-corrected chi connectivity index (χ1v) is 7.35. The van der Waals surface area contributed by atoms with E-state index in [0.717, 1.165) is 5.01 Å². The normalized spacial score (nSPS) is 12.8. The average Bonchev–Trinajstić information content (AvgIpc) is 2.87. The van der Waals surface area contributed by atoms with Crippen LogP contribution in [0.2, 0.25) is 0 Å². The first kappa shape index (κ1) is 16.4. The number of rotatable bonds is 7. The SMILES string of the molecule is CC(CNC(=O)NC(C)(C)CCC(=O)O)c1nccs1. The van der Waals surface area contributed by atoms with Crippen LogP contribution in [-0.4, -0.2) is 34.2 Å². The van der Waals surface area contributed by atoms with Crippen LogP contribution in [0.15, 0.2) is 11.6 Å². The van der Waals surface area contributed by atoms with Crippen LogP contribution in [0.4, 0.5) is 4.79 Å². The van der Waals surface area contributed by atoms with E-state index in [1.165, 1.54) is 0 Å². The fourth-order valence-electron chi connectivity index (χ4n) is 1.64. The zero-order valence-electron chi connectivity index (χ0n) is 12.0. The molecule has 0 aliphatic carbocycles. The number of thiazole rings is 1. The van der Waals surface area contributed by atoms with E-state index >= 15 is 0 Å². The zero-order chi connectivity index (χ0) is 15.2. The molecule has 1 rings (SSSR count). The lowest BCUT2D eigenvalue weighted by Crippen LogP contribution is -2.49. The Labute approximate surface area is 122 Å². The fourth-order valence-corrected chi connectivity index (χ4v) is 2.34. The maximum atomic E-state index is 11.8. The predicted molar refractivity (Wildman–Crippen MR) is 78.0 cm³/mol. The smallest absolute Gasteiger partial charge is 0.315 e. The van der Waals surface area contributed by atoms with Gasteiger partial charge in [0, 0.05) is 36.0 Å². The Morgan fingerprint density at radius 1 is 1.50 bits per heavy atom. The van der Waals surface area contributed by atoms with Crippen molar-refractivity contribution in [3.63, 3.8) is 0 Å². The maximum Gasteiger partial charge on any atom is 0.315 e. The van der Waals surface area contributed by atoms with Gasteiger partial charge in [0.25, 0.3) is 0 Å². The lowest BCUT2D eigenvalue weighted by Gasteiger charge is -2.26. The van der Waals surface area contributed by atoms with Crippen LogP contribution < -0.4 is 10.6 Å². The van der Waals surface area contributed by atoms with Crippen LogP contribution in [0.25, 0.3) is 0 Å². The Morgan fingerprint density at radius 3 is 2.75 bits per heavy atom. The van der Waals surface area contributed by atoms with Crippen LogP contribution in [0, 0.1) is 0 Å². The highest BCUT2D eigenvalue weighted by molar-refractivity contribution is 7.09. The van der Waals surface area contributed by atoms with Crippen LogP contribution in [0.3, 0.4) is 0 Å². The van der Waals surface area contributed by atoms with Crippen molar-refractivity contribution >= 4 is 23.3 Å². The zero-order valence-corrected chi connectivity index (χ0v) is 12.8. The number of hydrogen-bond acceptors (Lipinski definition) is 4. The van der Waals surface area contributed by atoms with Crippen LogP contribution in [0.5, 0.6) is 0 Å². The van der Waals surface area contributed by atoms with Gasteiger partial charge < -0.3 is 15.7 Å². The molecule has 1 aromatic rings. The predicted octanol–water partition coefficient (Wildman–Crippen LogP) is 2.19. The highest BCUT2D eigenvalue weighted by atomic mass is 32.1. The highest BCUT2D eigenvalue weighted by Crippen LogP contribution is 2.16. The molecule has 0 aliphatic heterocycles. The van der Waals surface area contributed by atoms with E-state index < -0.39 is 11.5 Å². The number of aromatic nitrogens is 1. The number of carbonyl (C=O) groups excluding carboxylic acids is 1. The molecular formula is C13H21N3O3S. The largest absolute Gasteiger partial charge is 0.481 e. The number of aliphatic carboxylic acids is 1. The summed E-state index contributed by atoms with van der Waals surface area (Å²) in [5.74, 6) is -0.708. The Bertz CT molecular complexity index is 446. The lowest BCUT2D eigenvalue weighted by atomic mass is 9.99. The standard InChI is InChI=1S/C13H21N3O3S/c1-9(11-14-6-7-20-11)8-15-12(19)16-13(2,3)5-4-10(17)18/h6-7,9H,4-5,8H2,1-3H3,(H,17,18)(H2,15,16,19). The van der Waals surface area contributed by atoms with Gasteiger partial charge in [-0.05, 0) is 20.3 Å². The number of nitrogens with one attached hydrogen (secondary N) is 2. The number of carboxylic acids is 1. The summed E-state index contributed by atoms with van der Waals surface area (Å²) in [5.41, 5.74) is -0.549. The fraction of sp³-hybridized carbons (Fsp3) is 0.615. The van der Waals surface area contributed by atoms with Crippen molar-refractivity contribution in [3.8, 4) is 0 Å². The van der Waals surface area contributed by atoms with E-state index in [2.05, 4.69) is 15.6 Å². The molecule has 1 unspecified atom stereocenters. The summed E-state index contributed by atoms with van der Waals surface area (Å²) < 4.78 is 0. The Balaban J connectivity index is 2.34. The minimum Gasteiger partial charge on any atom is -0.481 e. The summed E-state index contributed by atoms with van der Waals surface area (Å²) >= 11 is 1.56. The number of nitrogens with zero attached hydrogens (tertiary/aromatic N) is 1. The second-order valence-corrected chi connectivity index (χ2v) is 6.31. The minimum atomic E-state index is -0.863. The van der Waals surface area contributed by atoms with Gasteiger partial charge in [-0.3, -0.25) is 4.79 Å². The molecule has 0 saturated carbocycles. The third kappa shape index (κ3) is 6.01. The van der Waals surface area contributed by atoms with Crippen molar-refractivity contribution < 1.29 is 14.7 Å².